The van der Waals surface area contributed by atoms with Crippen molar-refractivity contribution in [1.82, 2.24) is 15.4 Å². The summed E-state index contributed by atoms with van der Waals surface area (Å²) in [5.74, 6) is 3.18. The van der Waals surface area contributed by atoms with Crippen LogP contribution < -0.4 is 9.47 Å². The quantitative estimate of drug-likeness (QED) is 0.674. The average molecular weight is 331 g/mol. The lowest BCUT2D eigenvalue weighted by Crippen LogP contribution is -2.21. The first-order chi connectivity index (χ1) is 11.3. The summed E-state index contributed by atoms with van der Waals surface area (Å²) in [7, 11) is 0. The van der Waals surface area contributed by atoms with Crippen molar-refractivity contribution in [3.63, 3.8) is 0 Å². The summed E-state index contributed by atoms with van der Waals surface area (Å²) in [6.07, 6.45) is -0.402. The van der Waals surface area contributed by atoms with Crippen LogP contribution in [0.1, 0.15) is 23.4 Å². The highest BCUT2D eigenvalue weighted by atomic mass is 32.2. The molecular weight excluding hydrogens is 318 g/mol. The molecule has 0 saturated heterocycles. The van der Waals surface area contributed by atoms with Crippen molar-refractivity contribution in [2.24, 2.45) is 0 Å². The molecule has 0 bridgehead atoms. The number of aryl methyl sites for hydroxylation is 1. The van der Waals surface area contributed by atoms with E-state index in [0.717, 1.165) is 17.2 Å². The first-order valence-electron chi connectivity index (χ1n) is 7.05. The lowest BCUT2D eigenvalue weighted by molar-refractivity contribution is 0.0686. The zero-order valence-electron chi connectivity index (χ0n) is 12.3. The molecule has 0 N–H and O–H groups in total. The Kier molecular flexibility index (Phi) is 3.66. The van der Waals surface area contributed by atoms with E-state index in [-0.39, 0.29) is 0 Å². The van der Waals surface area contributed by atoms with Crippen LogP contribution in [0.15, 0.2) is 44.5 Å². The van der Waals surface area contributed by atoms with Gasteiger partial charge < -0.3 is 18.4 Å². The van der Waals surface area contributed by atoms with E-state index in [2.05, 4.69) is 15.4 Å². The SMILES string of the molecule is Cc1cc(CSc2nnc(C3COc4ccccc4O3)o2)no1. The summed E-state index contributed by atoms with van der Waals surface area (Å²) in [5, 5.41) is 12.4. The van der Waals surface area contributed by atoms with Crippen LogP contribution in [-0.2, 0) is 5.75 Å². The largest absolute Gasteiger partial charge is 0.485 e. The van der Waals surface area contributed by atoms with Crippen molar-refractivity contribution < 1.29 is 18.4 Å². The third-order valence-electron chi connectivity index (χ3n) is 3.23. The maximum atomic E-state index is 5.84. The number of rotatable bonds is 4. The predicted octanol–water partition coefficient (Wildman–Crippen LogP) is 3.17. The van der Waals surface area contributed by atoms with Crippen molar-refractivity contribution in [2.75, 3.05) is 6.61 Å². The molecule has 7 nitrogen and oxygen atoms in total. The van der Waals surface area contributed by atoms with E-state index in [1.54, 1.807) is 0 Å². The van der Waals surface area contributed by atoms with Gasteiger partial charge >= 0.3 is 0 Å². The average Bonchev–Trinajstić information content (AvgIpc) is 3.21. The monoisotopic (exact) mass is 331 g/mol. The second-order valence-corrected chi connectivity index (χ2v) is 5.91. The Bertz CT molecular complexity index is 816. The zero-order chi connectivity index (χ0) is 15.6. The molecule has 4 rings (SSSR count). The number of hydrogen-bond acceptors (Lipinski definition) is 8. The number of nitrogens with zero attached hydrogens (tertiary/aromatic N) is 3. The second-order valence-electron chi connectivity index (χ2n) is 4.99. The van der Waals surface area contributed by atoms with Crippen molar-refractivity contribution in [1.29, 1.82) is 0 Å². The molecule has 1 aromatic carbocycles. The van der Waals surface area contributed by atoms with Gasteiger partial charge in [0, 0.05) is 11.8 Å². The van der Waals surface area contributed by atoms with Crippen LogP contribution in [0.2, 0.25) is 0 Å². The van der Waals surface area contributed by atoms with E-state index in [9.17, 15) is 0 Å². The molecule has 0 aliphatic carbocycles. The normalized spacial score (nSPS) is 16.5. The van der Waals surface area contributed by atoms with E-state index < -0.39 is 6.10 Å². The van der Waals surface area contributed by atoms with Gasteiger partial charge in [0.05, 0.1) is 5.69 Å². The molecule has 1 aliphatic rings. The molecule has 118 valence electrons. The summed E-state index contributed by atoms with van der Waals surface area (Å²) in [6.45, 7) is 2.19. The molecule has 1 aliphatic heterocycles. The van der Waals surface area contributed by atoms with Crippen LogP contribution in [0.25, 0.3) is 0 Å². The Morgan fingerprint density at radius 2 is 2.09 bits per heavy atom. The summed E-state index contributed by atoms with van der Waals surface area (Å²) < 4.78 is 22.2. The highest BCUT2D eigenvalue weighted by molar-refractivity contribution is 7.98. The zero-order valence-corrected chi connectivity index (χ0v) is 13.1. The van der Waals surface area contributed by atoms with Gasteiger partial charge in [0.25, 0.3) is 11.1 Å². The molecule has 1 atom stereocenters. The van der Waals surface area contributed by atoms with Crippen LogP contribution >= 0.6 is 11.8 Å². The fraction of sp³-hybridized carbons (Fsp3) is 0.267. The van der Waals surface area contributed by atoms with Gasteiger partial charge in [0.2, 0.25) is 6.10 Å². The molecule has 0 saturated carbocycles. The van der Waals surface area contributed by atoms with Crippen LogP contribution in [-0.4, -0.2) is 22.0 Å². The number of para-hydroxylation sites is 2. The molecule has 1 unspecified atom stereocenters. The van der Waals surface area contributed by atoms with Crippen LogP contribution in [0.3, 0.4) is 0 Å². The van der Waals surface area contributed by atoms with Gasteiger partial charge in [-0.3, -0.25) is 0 Å². The lowest BCUT2D eigenvalue weighted by atomic mass is 10.2. The topological polar surface area (TPSA) is 83.4 Å². The van der Waals surface area contributed by atoms with E-state index in [1.165, 1.54) is 11.8 Å². The molecule has 2 aromatic heterocycles. The van der Waals surface area contributed by atoms with E-state index in [1.807, 2.05) is 37.3 Å². The Morgan fingerprint density at radius 1 is 1.22 bits per heavy atom. The minimum Gasteiger partial charge on any atom is -0.485 e. The fourth-order valence-corrected chi connectivity index (χ4v) is 2.82. The lowest BCUT2D eigenvalue weighted by Gasteiger charge is -2.23. The van der Waals surface area contributed by atoms with Gasteiger partial charge in [0.1, 0.15) is 12.4 Å². The fourth-order valence-electron chi connectivity index (χ4n) is 2.17. The third kappa shape index (κ3) is 3.02. The Hall–Kier alpha value is -2.48. The number of hydrogen-bond donors (Lipinski definition) is 0. The minimum atomic E-state index is -0.402. The van der Waals surface area contributed by atoms with Gasteiger partial charge in [0.15, 0.2) is 11.5 Å². The molecule has 0 amide bonds. The molecule has 8 heteroatoms. The summed E-state index contributed by atoms with van der Waals surface area (Å²) >= 11 is 1.40. The Labute approximate surface area is 136 Å². The van der Waals surface area contributed by atoms with Crippen LogP contribution in [0, 0.1) is 6.92 Å². The van der Waals surface area contributed by atoms with Crippen molar-refractivity contribution in [3.05, 3.63) is 47.7 Å². The molecule has 0 fully saturated rings. The molecule has 3 aromatic rings. The van der Waals surface area contributed by atoms with Crippen LogP contribution in [0.5, 0.6) is 11.5 Å². The highest BCUT2D eigenvalue weighted by Gasteiger charge is 2.27. The summed E-state index contributed by atoms with van der Waals surface area (Å²) in [6, 6.07) is 9.37. The standard InChI is InChI=1S/C15H13N3O4S/c1-9-6-10(18-22-9)8-23-15-17-16-14(21-15)13-7-19-11-4-2-3-5-12(11)20-13/h2-6,13H,7-8H2,1H3. The molecule has 0 radical (unpaired) electrons. The minimum absolute atomic E-state index is 0.339. The Balaban J connectivity index is 1.42. The first-order valence-corrected chi connectivity index (χ1v) is 8.03. The summed E-state index contributed by atoms with van der Waals surface area (Å²) in [4.78, 5) is 0. The smallest absolute Gasteiger partial charge is 0.277 e. The van der Waals surface area contributed by atoms with Crippen LogP contribution in [0.4, 0.5) is 0 Å². The van der Waals surface area contributed by atoms with Crippen molar-refractivity contribution >= 4 is 11.8 Å². The van der Waals surface area contributed by atoms with Gasteiger partial charge in [-0.1, -0.05) is 29.1 Å². The molecule has 3 heterocycles. The second kappa shape index (κ2) is 5.96. The van der Waals surface area contributed by atoms with Gasteiger partial charge in [-0.2, -0.15) is 0 Å². The third-order valence-corrected chi connectivity index (χ3v) is 4.08. The maximum Gasteiger partial charge on any atom is 0.277 e. The van der Waals surface area contributed by atoms with E-state index in [0.29, 0.717) is 29.2 Å². The highest BCUT2D eigenvalue weighted by Crippen LogP contribution is 2.36. The predicted molar refractivity (Wildman–Crippen MR) is 80.4 cm³/mol. The van der Waals surface area contributed by atoms with Crippen molar-refractivity contribution in [2.45, 2.75) is 24.0 Å². The number of aromatic nitrogens is 3. The molecular formula is C15H13N3O4S. The maximum absolute atomic E-state index is 5.84. The number of ether oxygens (including phenoxy) is 2. The Morgan fingerprint density at radius 3 is 2.91 bits per heavy atom. The van der Waals surface area contributed by atoms with Crippen molar-refractivity contribution in [3.8, 4) is 11.5 Å². The first kappa shape index (κ1) is 14.1. The number of fused-ring (bicyclic) bond motifs is 1. The van der Waals surface area contributed by atoms with Gasteiger partial charge in [-0.15, -0.1) is 10.2 Å². The molecule has 23 heavy (non-hydrogen) atoms. The van der Waals surface area contributed by atoms with E-state index >= 15 is 0 Å². The number of thioether (sulfide) groups is 1. The van der Waals surface area contributed by atoms with Gasteiger partial charge in [-0.05, 0) is 19.1 Å². The van der Waals surface area contributed by atoms with Gasteiger partial charge in [-0.25, -0.2) is 0 Å². The number of benzene rings is 1. The summed E-state index contributed by atoms with van der Waals surface area (Å²) in [5.41, 5.74) is 0.832. The van der Waals surface area contributed by atoms with E-state index in [4.69, 9.17) is 18.4 Å². The molecule has 0 spiro atoms.